The van der Waals surface area contributed by atoms with Crippen molar-refractivity contribution in [1.29, 1.82) is 0 Å². The Morgan fingerprint density at radius 3 is 2.29 bits per heavy atom. The molecule has 0 spiro atoms. The fourth-order valence-electron chi connectivity index (χ4n) is 3.47. The molecule has 2 atom stereocenters. The van der Waals surface area contributed by atoms with Crippen LogP contribution in [-0.2, 0) is 19.6 Å². The maximum Gasteiger partial charge on any atom is 0.326 e. The van der Waals surface area contributed by atoms with Crippen molar-refractivity contribution < 1.29 is 27.5 Å². The van der Waals surface area contributed by atoms with E-state index in [0.717, 1.165) is 10.4 Å². The molecule has 0 heterocycles. The third-order valence-corrected chi connectivity index (χ3v) is 7.58. The van der Waals surface area contributed by atoms with Gasteiger partial charge in [-0.1, -0.05) is 36.5 Å². The summed E-state index contributed by atoms with van der Waals surface area (Å²) >= 11 is 11.9. The molecule has 34 heavy (non-hydrogen) atoms. The quantitative estimate of drug-likeness (QED) is 0.388. The van der Waals surface area contributed by atoms with Crippen molar-refractivity contribution in [1.82, 2.24) is 5.32 Å². The van der Waals surface area contributed by atoms with Crippen molar-refractivity contribution in [3.05, 3.63) is 58.3 Å². The number of amides is 1. The second-order valence-electron chi connectivity index (χ2n) is 7.84. The van der Waals surface area contributed by atoms with Gasteiger partial charge >= 0.3 is 5.97 Å². The van der Waals surface area contributed by atoms with Crippen LogP contribution in [0, 0.1) is 5.82 Å². The zero-order valence-corrected chi connectivity index (χ0v) is 21.1. The Balaban J connectivity index is 2.24. The summed E-state index contributed by atoms with van der Waals surface area (Å²) in [5.74, 6) is -2.33. The number of carboxylic acids is 1. The van der Waals surface area contributed by atoms with Crippen LogP contribution in [0.3, 0.4) is 0 Å². The van der Waals surface area contributed by atoms with E-state index in [1.54, 1.807) is 6.92 Å². The lowest BCUT2D eigenvalue weighted by Crippen LogP contribution is -2.41. The zero-order valence-electron chi connectivity index (χ0n) is 18.8. The van der Waals surface area contributed by atoms with Gasteiger partial charge in [0.1, 0.15) is 11.9 Å². The highest BCUT2D eigenvalue weighted by molar-refractivity contribution is 7.92. The van der Waals surface area contributed by atoms with Crippen LogP contribution >= 0.6 is 23.2 Å². The summed E-state index contributed by atoms with van der Waals surface area (Å²) < 4.78 is 42.6. The van der Waals surface area contributed by atoms with Crippen LogP contribution in [0.15, 0.2) is 47.4 Å². The number of halogens is 3. The number of rotatable bonds is 12. The van der Waals surface area contributed by atoms with Gasteiger partial charge in [-0.15, -0.1) is 0 Å². The van der Waals surface area contributed by atoms with Crippen molar-refractivity contribution in [3.63, 3.8) is 0 Å². The molecule has 11 heteroatoms. The van der Waals surface area contributed by atoms with Crippen molar-refractivity contribution in [2.75, 3.05) is 4.31 Å². The van der Waals surface area contributed by atoms with E-state index in [4.69, 9.17) is 23.2 Å². The van der Waals surface area contributed by atoms with Crippen LogP contribution in [0.2, 0.25) is 10.0 Å². The second kappa shape index (κ2) is 12.4. The van der Waals surface area contributed by atoms with Gasteiger partial charge in [-0.25, -0.2) is 17.6 Å². The Bertz CT molecular complexity index is 1110. The summed E-state index contributed by atoms with van der Waals surface area (Å²) in [4.78, 5) is 23.4. The molecule has 0 aliphatic rings. The Morgan fingerprint density at radius 1 is 1.09 bits per heavy atom. The number of nitrogens with one attached hydrogen (secondary N) is 1. The highest BCUT2D eigenvalue weighted by Gasteiger charge is 2.31. The predicted octanol–water partition coefficient (Wildman–Crippen LogP) is 5.26. The number of hydrogen-bond acceptors (Lipinski definition) is 4. The highest BCUT2D eigenvalue weighted by atomic mass is 35.5. The molecule has 0 aliphatic heterocycles. The van der Waals surface area contributed by atoms with E-state index in [1.165, 1.54) is 36.4 Å². The van der Waals surface area contributed by atoms with Crippen LogP contribution < -0.4 is 9.62 Å². The van der Waals surface area contributed by atoms with Crippen LogP contribution in [-0.4, -0.2) is 37.5 Å². The maximum atomic E-state index is 14.7. The summed E-state index contributed by atoms with van der Waals surface area (Å²) in [7, 11) is -4.20. The molecule has 0 bridgehead atoms. The average molecular weight is 533 g/mol. The SMILES string of the molecule is CCC[C@@H](NC(=O)CCC[C@@H](C)N(c1cc(Cl)ccc1F)S(=O)(=O)c1ccc(Cl)cc1)C(=O)O. The molecule has 0 radical (unpaired) electrons. The van der Waals surface area contributed by atoms with E-state index in [1.807, 2.05) is 6.92 Å². The molecule has 1 amide bonds. The van der Waals surface area contributed by atoms with Crippen LogP contribution in [0.4, 0.5) is 10.1 Å². The van der Waals surface area contributed by atoms with Gasteiger partial charge < -0.3 is 10.4 Å². The van der Waals surface area contributed by atoms with Crippen LogP contribution in [0.1, 0.15) is 46.0 Å². The first-order chi connectivity index (χ1) is 16.0. The van der Waals surface area contributed by atoms with E-state index in [2.05, 4.69) is 5.32 Å². The first-order valence-corrected chi connectivity index (χ1v) is 12.9. The smallest absolute Gasteiger partial charge is 0.326 e. The molecule has 0 fully saturated rings. The largest absolute Gasteiger partial charge is 0.480 e. The number of carbonyl (C=O) groups excluding carboxylic acids is 1. The summed E-state index contributed by atoms with van der Waals surface area (Å²) in [5, 5.41) is 12.2. The molecule has 0 saturated carbocycles. The molecule has 2 aromatic rings. The van der Waals surface area contributed by atoms with Crippen LogP contribution in [0.5, 0.6) is 0 Å². The van der Waals surface area contributed by atoms with E-state index in [9.17, 15) is 27.5 Å². The normalized spacial score (nSPS) is 13.2. The van der Waals surface area contributed by atoms with Gasteiger partial charge in [-0.3, -0.25) is 9.10 Å². The number of nitrogens with zero attached hydrogens (tertiary/aromatic N) is 1. The molecular formula is C23H27Cl2FN2O5S. The monoisotopic (exact) mass is 532 g/mol. The summed E-state index contributed by atoms with van der Waals surface area (Å²) in [6, 6.07) is 7.41. The average Bonchev–Trinajstić information content (AvgIpc) is 2.76. The fourth-order valence-corrected chi connectivity index (χ4v) is 5.44. The van der Waals surface area contributed by atoms with Crippen molar-refractivity contribution in [2.45, 2.75) is 62.9 Å². The van der Waals surface area contributed by atoms with Gasteiger partial charge in [-0.2, -0.15) is 0 Å². The maximum absolute atomic E-state index is 14.7. The molecule has 7 nitrogen and oxygen atoms in total. The van der Waals surface area contributed by atoms with E-state index in [-0.39, 0.29) is 34.9 Å². The zero-order chi connectivity index (χ0) is 25.5. The Labute approximate surface area is 208 Å². The van der Waals surface area contributed by atoms with Gasteiger partial charge in [0.2, 0.25) is 5.91 Å². The minimum Gasteiger partial charge on any atom is -0.480 e. The summed E-state index contributed by atoms with van der Waals surface area (Å²) in [6.45, 7) is 3.41. The number of benzene rings is 2. The van der Waals surface area contributed by atoms with Gasteiger partial charge in [0, 0.05) is 22.5 Å². The van der Waals surface area contributed by atoms with Gasteiger partial charge in [0.25, 0.3) is 10.0 Å². The number of hydrogen-bond donors (Lipinski definition) is 2. The lowest BCUT2D eigenvalue weighted by molar-refractivity contribution is -0.142. The minimum atomic E-state index is -4.20. The number of sulfonamides is 1. The van der Waals surface area contributed by atoms with Gasteiger partial charge in [0.15, 0.2) is 0 Å². The molecule has 2 aromatic carbocycles. The van der Waals surface area contributed by atoms with E-state index >= 15 is 0 Å². The number of anilines is 1. The second-order valence-corrected chi connectivity index (χ2v) is 10.5. The molecule has 0 aliphatic carbocycles. The number of carboxylic acid groups (broad SMARTS) is 1. The minimum absolute atomic E-state index is 0.00923. The summed E-state index contributed by atoms with van der Waals surface area (Å²) in [5.41, 5.74) is -0.215. The Hall–Kier alpha value is -2.36. The first-order valence-electron chi connectivity index (χ1n) is 10.7. The lowest BCUT2D eigenvalue weighted by atomic mass is 10.1. The summed E-state index contributed by atoms with van der Waals surface area (Å²) in [6.07, 6.45) is 1.35. The Morgan fingerprint density at radius 2 is 1.71 bits per heavy atom. The van der Waals surface area contributed by atoms with E-state index in [0.29, 0.717) is 17.9 Å². The molecule has 2 rings (SSSR count). The Kier molecular flexibility index (Phi) is 10.1. The van der Waals surface area contributed by atoms with Crippen molar-refractivity contribution >= 4 is 50.8 Å². The first kappa shape index (κ1) is 27.9. The highest BCUT2D eigenvalue weighted by Crippen LogP contribution is 2.32. The standard InChI is InChI=1S/C23H27Cl2FN2O5S/c1-3-5-20(23(30)31)27-22(29)7-4-6-15(2)28(21-14-17(25)10-13-19(21)26)34(32,33)18-11-8-16(24)9-12-18/h8-15,20H,3-7H2,1-2H3,(H,27,29)(H,30,31)/t15-,20-/m1/s1. The number of aliphatic carboxylic acids is 1. The van der Waals surface area contributed by atoms with Gasteiger partial charge in [0.05, 0.1) is 10.6 Å². The fraction of sp³-hybridized carbons (Fsp3) is 0.391. The molecular weight excluding hydrogens is 506 g/mol. The predicted molar refractivity (Wildman–Crippen MR) is 130 cm³/mol. The molecule has 2 N–H and O–H groups in total. The third kappa shape index (κ3) is 7.32. The van der Waals surface area contributed by atoms with Crippen molar-refractivity contribution in [3.8, 4) is 0 Å². The molecule has 0 saturated heterocycles. The topological polar surface area (TPSA) is 104 Å². The van der Waals surface area contributed by atoms with Gasteiger partial charge in [-0.05, 0) is 68.7 Å². The van der Waals surface area contributed by atoms with Crippen LogP contribution in [0.25, 0.3) is 0 Å². The van der Waals surface area contributed by atoms with E-state index < -0.39 is 39.8 Å². The lowest BCUT2D eigenvalue weighted by Gasteiger charge is -2.31. The molecule has 0 unspecified atom stereocenters. The van der Waals surface area contributed by atoms with Crippen molar-refractivity contribution in [2.24, 2.45) is 0 Å². The third-order valence-electron chi connectivity index (χ3n) is 5.15. The molecule has 186 valence electrons. The number of carbonyl (C=O) groups is 2. The molecule has 0 aromatic heterocycles.